The first-order valence-corrected chi connectivity index (χ1v) is 6.83. The summed E-state index contributed by atoms with van der Waals surface area (Å²) >= 11 is 0. The number of carbonyl (C=O) groups is 1. The number of hydrogen-bond donors (Lipinski definition) is 1. The summed E-state index contributed by atoms with van der Waals surface area (Å²) in [4.78, 5) is 24.1. The average Bonchev–Trinajstić information content (AvgIpc) is 3.10. The van der Waals surface area contributed by atoms with E-state index in [1.807, 2.05) is 11.0 Å². The Hall–Kier alpha value is -1.85. The van der Waals surface area contributed by atoms with Crippen LogP contribution >= 0.6 is 0 Å². The fraction of sp³-hybridized carbons (Fsp3) is 0.615. The smallest absolute Gasteiger partial charge is 0.326 e. The number of rotatable bonds is 3. The number of aromatic nitrogens is 2. The Labute approximate surface area is 112 Å². The Morgan fingerprint density at radius 3 is 2.79 bits per heavy atom. The van der Waals surface area contributed by atoms with Gasteiger partial charge in [-0.2, -0.15) is 4.98 Å². The van der Waals surface area contributed by atoms with Gasteiger partial charge in [-0.1, -0.05) is 0 Å². The molecule has 1 N–H and O–H groups in total. The van der Waals surface area contributed by atoms with Crippen LogP contribution in [0.3, 0.4) is 0 Å². The van der Waals surface area contributed by atoms with Crippen molar-refractivity contribution in [3.05, 3.63) is 12.3 Å². The molecule has 0 spiro atoms. The number of nitrogens with zero attached hydrogens (tertiary/aromatic N) is 4. The van der Waals surface area contributed by atoms with E-state index in [2.05, 4.69) is 14.9 Å². The van der Waals surface area contributed by atoms with Crippen molar-refractivity contribution in [3.63, 3.8) is 0 Å². The standard InChI is InChI=1S/C13H18N4O2/c18-12(19)10-4-3-9-17(10)13-14-6-5-11(15-13)16-7-1-2-8-16/h5-6,10H,1-4,7-9H2,(H,18,19). The van der Waals surface area contributed by atoms with Crippen LogP contribution in [0.25, 0.3) is 0 Å². The zero-order valence-electron chi connectivity index (χ0n) is 10.8. The van der Waals surface area contributed by atoms with Gasteiger partial charge in [-0.25, -0.2) is 9.78 Å². The van der Waals surface area contributed by atoms with Gasteiger partial charge in [-0.15, -0.1) is 0 Å². The molecule has 2 aliphatic heterocycles. The molecule has 1 unspecified atom stereocenters. The number of aliphatic carboxylic acids is 1. The Balaban J connectivity index is 1.84. The summed E-state index contributed by atoms with van der Waals surface area (Å²) in [5.74, 6) is 0.681. The molecule has 6 nitrogen and oxygen atoms in total. The minimum Gasteiger partial charge on any atom is -0.480 e. The highest BCUT2D eigenvalue weighted by atomic mass is 16.4. The maximum absolute atomic E-state index is 11.2. The Kier molecular flexibility index (Phi) is 3.23. The predicted molar refractivity (Wildman–Crippen MR) is 71.5 cm³/mol. The van der Waals surface area contributed by atoms with Gasteiger partial charge in [0.15, 0.2) is 0 Å². The van der Waals surface area contributed by atoms with Gasteiger partial charge < -0.3 is 14.9 Å². The molecule has 0 amide bonds. The Morgan fingerprint density at radius 1 is 1.26 bits per heavy atom. The molecule has 102 valence electrons. The molecule has 19 heavy (non-hydrogen) atoms. The van der Waals surface area contributed by atoms with E-state index in [-0.39, 0.29) is 0 Å². The summed E-state index contributed by atoms with van der Waals surface area (Å²) in [6, 6.07) is 1.43. The number of anilines is 2. The molecule has 0 saturated carbocycles. The topological polar surface area (TPSA) is 69.6 Å². The highest BCUT2D eigenvalue weighted by Crippen LogP contribution is 2.25. The maximum atomic E-state index is 11.2. The summed E-state index contributed by atoms with van der Waals surface area (Å²) in [6.45, 7) is 2.78. The second-order valence-corrected chi connectivity index (χ2v) is 5.10. The van der Waals surface area contributed by atoms with Gasteiger partial charge in [0.25, 0.3) is 0 Å². The molecule has 0 bridgehead atoms. The van der Waals surface area contributed by atoms with Crippen LogP contribution in [-0.2, 0) is 4.79 Å². The highest BCUT2D eigenvalue weighted by Gasteiger charge is 2.32. The average molecular weight is 262 g/mol. The third kappa shape index (κ3) is 2.34. The van der Waals surface area contributed by atoms with E-state index in [1.165, 1.54) is 12.8 Å². The van der Waals surface area contributed by atoms with E-state index < -0.39 is 12.0 Å². The summed E-state index contributed by atoms with van der Waals surface area (Å²) in [5, 5.41) is 9.22. The first-order chi connectivity index (χ1) is 9.25. The first-order valence-electron chi connectivity index (χ1n) is 6.83. The molecular formula is C13H18N4O2. The second-order valence-electron chi connectivity index (χ2n) is 5.10. The highest BCUT2D eigenvalue weighted by molar-refractivity contribution is 5.78. The predicted octanol–water partition coefficient (Wildman–Crippen LogP) is 1.13. The zero-order chi connectivity index (χ0) is 13.2. The molecule has 0 aromatic carbocycles. The van der Waals surface area contributed by atoms with Gasteiger partial charge in [-0.3, -0.25) is 0 Å². The summed E-state index contributed by atoms with van der Waals surface area (Å²) in [7, 11) is 0. The maximum Gasteiger partial charge on any atom is 0.326 e. The second kappa shape index (κ2) is 5.03. The largest absolute Gasteiger partial charge is 0.480 e. The van der Waals surface area contributed by atoms with Crippen molar-refractivity contribution >= 4 is 17.7 Å². The van der Waals surface area contributed by atoms with Crippen molar-refractivity contribution in [2.45, 2.75) is 31.7 Å². The molecular weight excluding hydrogens is 244 g/mol. The van der Waals surface area contributed by atoms with Crippen molar-refractivity contribution in [1.29, 1.82) is 0 Å². The van der Waals surface area contributed by atoms with Gasteiger partial charge >= 0.3 is 5.97 Å². The van der Waals surface area contributed by atoms with Gasteiger partial charge in [0.2, 0.25) is 5.95 Å². The SMILES string of the molecule is O=C(O)C1CCCN1c1nccc(N2CCCC2)n1. The molecule has 2 fully saturated rings. The normalized spacial score (nSPS) is 23.1. The molecule has 3 rings (SSSR count). The fourth-order valence-electron chi connectivity index (χ4n) is 2.86. The van der Waals surface area contributed by atoms with Crippen molar-refractivity contribution in [3.8, 4) is 0 Å². The van der Waals surface area contributed by atoms with Crippen molar-refractivity contribution in [1.82, 2.24) is 9.97 Å². The van der Waals surface area contributed by atoms with Crippen LogP contribution in [-0.4, -0.2) is 46.7 Å². The lowest BCUT2D eigenvalue weighted by Crippen LogP contribution is -2.37. The molecule has 1 aromatic heterocycles. The number of hydrogen-bond acceptors (Lipinski definition) is 5. The number of carboxylic acids is 1. The lowest BCUT2D eigenvalue weighted by atomic mass is 10.2. The van der Waals surface area contributed by atoms with E-state index in [0.717, 1.165) is 31.9 Å². The zero-order valence-corrected chi connectivity index (χ0v) is 10.8. The van der Waals surface area contributed by atoms with Crippen LogP contribution in [0.15, 0.2) is 12.3 Å². The lowest BCUT2D eigenvalue weighted by Gasteiger charge is -2.23. The molecule has 0 radical (unpaired) electrons. The third-order valence-corrected chi connectivity index (χ3v) is 3.85. The van der Waals surface area contributed by atoms with Gasteiger partial charge in [0, 0.05) is 25.8 Å². The van der Waals surface area contributed by atoms with Gasteiger partial charge in [-0.05, 0) is 31.7 Å². The number of carboxylic acid groups (broad SMARTS) is 1. The van der Waals surface area contributed by atoms with E-state index in [4.69, 9.17) is 0 Å². The molecule has 2 saturated heterocycles. The van der Waals surface area contributed by atoms with Gasteiger partial charge in [0.1, 0.15) is 11.9 Å². The first kappa shape index (κ1) is 12.2. The monoisotopic (exact) mass is 262 g/mol. The van der Waals surface area contributed by atoms with Gasteiger partial charge in [0.05, 0.1) is 0 Å². The van der Waals surface area contributed by atoms with Crippen molar-refractivity contribution in [2.24, 2.45) is 0 Å². The van der Waals surface area contributed by atoms with Crippen LogP contribution < -0.4 is 9.80 Å². The van der Waals surface area contributed by atoms with Crippen LogP contribution in [0.4, 0.5) is 11.8 Å². The van der Waals surface area contributed by atoms with E-state index >= 15 is 0 Å². The lowest BCUT2D eigenvalue weighted by molar-refractivity contribution is -0.138. The molecule has 3 heterocycles. The molecule has 0 aliphatic carbocycles. The molecule has 6 heteroatoms. The minimum atomic E-state index is -0.785. The van der Waals surface area contributed by atoms with E-state index in [1.54, 1.807) is 6.20 Å². The van der Waals surface area contributed by atoms with E-state index in [0.29, 0.717) is 12.4 Å². The molecule has 1 atom stereocenters. The Morgan fingerprint density at radius 2 is 2.05 bits per heavy atom. The van der Waals surface area contributed by atoms with E-state index in [9.17, 15) is 9.90 Å². The van der Waals surface area contributed by atoms with Crippen LogP contribution in [0.5, 0.6) is 0 Å². The van der Waals surface area contributed by atoms with Crippen LogP contribution in [0, 0.1) is 0 Å². The summed E-state index contributed by atoms with van der Waals surface area (Å²) < 4.78 is 0. The quantitative estimate of drug-likeness (QED) is 0.880. The minimum absolute atomic E-state index is 0.478. The summed E-state index contributed by atoms with van der Waals surface area (Å²) in [5.41, 5.74) is 0. The molecule has 2 aliphatic rings. The molecule has 1 aromatic rings. The third-order valence-electron chi connectivity index (χ3n) is 3.85. The van der Waals surface area contributed by atoms with Crippen LogP contribution in [0.1, 0.15) is 25.7 Å². The fourth-order valence-corrected chi connectivity index (χ4v) is 2.86. The summed E-state index contributed by atoms with van der Waals surface area (Å²) in [6.07, 6.45) is 5.68. The van der Waals surface area contributed by atoms with Crippen molar-refractivity contribution < 1.29 is 9.90 Å². The van der Waals surface area contributed by atoms with Crippen molar-refractivity contribution in [2.75, 3.05) is 29.4 Å². The Bertz CT molecular complexity index is 473. The van der Waals surface area contributed by atoms with Crippen LogP contribution in [0.2, 0.25) is 0 Å².